The van der Waals surface area contributed by atoms with Crippen LogP contribution in [0.4, 0.5) is 0 Å². The van der Waals surface area contributed by atoms with E-state index in [1.807, 2.05) is 6.07 Å². The molecule has 0 saturated carbocycles. The Morgan fingerprint density at radius 3 is 2.42 bits per heavy atom. The molecule has 0 unspecified atom stereocenters. The number of nitriles is 1. The fourth-order valence-corrected chi connectivity index (χ4v) is 2.60. The molecule has 0 aliphatic rings. The molecule has 0 radical (unpaired) electrons. The second kappa shape index (κ2) is 6.87. The van der Waals surface area contributed by atoms with Crippen molar-refractivity contribution in [3.63, 3.8) is 0 Å². The van der Waals surface area contributed by atoms with E-state index in [1.54, 1.807) is 0 Å². The zero-order chi connectivity index (χ0) is 14.3. The molecule has 1 aromatic rings. The molecule has 0 aliphatic heterocycles. The zero-order valence-electron chi connectivity index (χ0n) is 10.3. The van der Waals surface area contributed by atoms with Gasteiger partial charge in [-0.25, -0.2) is 8.42 Å². The number of carbonyl (C=O) groups is 1. The van der Waals surface area contributed by atoms with E-state index in [2.05, 4.69) is 5.32 Å². The summed E-state index contributed by atoms with van der Waals surface area (Å²) < 4.78 is 23.8. The molecular weight excluding hydrogens is 266 g/mol. The van der Waals surface area contributed by atoms with Gasteiger partial charge in [-0.15, -0.1) is 0 Å². The van der Waals surface area contributed by atoms with Crippen molar-refractivity contribution in [1.82, 2.24) is 5.32 Å². The van der Waals surface area contributed by atoms with Crippen LogP contribution in [0.2, 0.25) is 0 Å². The Labute approximate surface area is 112 Å². The molecule has 0 fully saturated rings. The SMILES string of the molecule is N#Cc1ccc(S(=O)(=O)CCNCCC(N)=O)cc1. The van der Waals surface area contributed by atoms with Crippen LogP contribution in [0.3, 0.4) is 0 Å². The fourth-order valence-electron chi connectivity index (χ4n) is 1.40. The molecular formula is C12H15N3O3S. The van der Waals surface area contributed by atoms with Gasteiger partial charge in [0.2, 0.25) is 5.91 Å². The summed E-state index contributed by atoms with van der Waals surface area (Å²) in [6.07, 6.45) is 0.177. The van der Waals surface area contributed by atoms with Crippen LogP contribution in [0.5, 0.6) is 0 Å². The maximum atomic E-state index is 11.9. The number of hydrogen-bond donors (Lipinski definition) is 2. The number of rotatable bonds is 7. The Kier molecular flexibility index (Phi) is 5.48. The summed E-state index contributed by atoms with van der Waals surface area (Å²) in [6.45, 7) is 0.605. The maximum absolute atomic E-state index is 11.9. The van der Waals surface area contributed by atoms with Crippen molar-refractivity contribution >= 4 is 15.7 Å². The summed E-state index contributed by atoms with van der Waals surface area (Å²) in [5.41, 5.74) is 5.37. The van der Waals surface area contributed by atoms with Crippen LogP contribution in [-0.2, 0) is 14.6 Å². The summed E-state index contributed by atoms with van der Waals surface area (Å²) in [5.74, 6) is -0.500. The fraction of sp³-hybridized carbons (Fsp3) is 0.333. The number of nitrogens with zero attached hydrogens (tertiary/aromatic N) is 1. The minimum Gasteiger partial charge on any atom is -0.370 e. The number of sulfone groups is 1. The molecule has 1 rings (SSSR count). The lowest BCUT2D eigenvalue weighted by Crippen LogP contribution is -2.27. The van der Waals surface area contributed by atoms with Crippen molar-refractivity contribution in [2.24, 2.45) is 5.73 Å². The smallest absolute Gasteiger partial charge is 0.218 e. The van der Waals surface area contributed by atoms with Gasteiger partial charge >= 0.3 is 0 Å². The third-order valence-electron chi connectivity index (χ3n) is 2.44. The highest BCUT2D eigenvalue weighted by Crippen LogP contribution is 2.11. The van der Waals surface area contributed by atoms with Crippen LogP contribution in [0.15, 0.2) is 29.2 Å². The van der Waals surface area contributed by atoms with Gasteiger partial charge < -0.3 is 11.1 Å². The third-order valence-corrected chi connectivity index (χ3v) is 4.17. The molecule has 7 heteroatoms. The number of nitrogens with two attached hydrogens (primary N) is 1. The van der Waals surface area contributed by atoms with Crippen LogP contribution in [-0.4, -0.2) is 33.2 Å². The first-order valence-electron chi connectivity index (χ1n) is 5.67. The van der Waals surface area contributed by atoms with Gasteiger partial charge in [-0.2, -0.15) is 5.26 Å². The van der Waals surface area contributed by atoms with Crippen molar-refractivity contribution in [2.45, 2.75) is 11.3 Å². The van der Waals surface area contributed by atoms with Crippen molar-refractivity contribution in [3.8, 4) is 6.07 Å². The summed E-state index contributed by atoms with van der Waals surface area (Å²) in [6, 6.07) is 7.68. The lowest BCUT2D eigenvalue weighted by Gasteiger charge is -2.05. The highest BCUT2D eigenvalue weighted by atomic mass is 32.2. The molecule has 0 saturated heterocycles. The van der Waals surface area contributed by atoms with Crippen molar-refractivity contribution in [3.05, 3.63) is 29.8 Å². The molecule has 102 valence electrons. The first-order chi connectivity index (χ1) is 8.95. The average molecular weight is 281 g/mol. The second-order valence-electron chi connectivity index (χ2n) is 3.92. The standard InChI is InChI=1S/C12H15N3O3S/c13-9-10-1-3-11(4-2-10)19(17,18)8-7-15-6-5-12(14)16/h1-4,15H,5-8H2,(H2,14,16). The predicted octanol–water partition coefficient (Wildman–Crippen LogP) is -0.203. The zero-order valence-corrected chi connectivity index (χ0v) is 11.1. The minimum atomic E-state index is -3.37. The third kappa shape index (κ3) is 5.07. The number of nitrogens with one attached hydrogen (secondary N) is 1. The van der Waals surface area contributed by atoms with E-state index in [0.717, 1.165) is 0 Å². The van der Waals surface area contributed by atoms with Crippen molar-refractivity contribution in [2.75, 3.05) is 18.8 Å². The van der Waals surface area contributed by atoms with Gasteiger partial charge in [-0.05, 0) is 24.3 Å². The van der Waals surface area contributed by atoms with E-state index in [-0.39, 0.29) is 23.6 Å². The number of amides is 1. The van der Waals surface area contributed by atoms with E-state index in [0.29, 0.717) is 12.1 Å². The number of primary amides is 1. The quantitative estimate of drug-likeness (QED) is 0.672. The van der Waals surface area contributed by atoms with Crippen LogP contribution >= 0.6 is 0 Å². The van der Waals surface area contributed by atoms with Crippen LogP contribution in [0.1, 0.15) is 12.0 Å². The number of carbonyl (C=O) groups excluding carboxylic acids is 1. The summed E-state index contributed by atoms with van der Waals surface area (Å²) in [4.78, 5) is 10.7. The molecule has 1 aromatic carbocycles. The lowest BCUT2D eigenvalue weighted by molar-refractivity contribution is -0.117. The van der Waals surface area contributed by atoms with E-state index < -0.39 is 15.7 Å². The van der Waals surface area contributed by atoms with Crippen LogP contribution < -0.4 is 11.1 Å². The predicted molar refractivity (Wildman–Crippen MR) is 69.9 cm³/mol. The number of benzene rings is 1. The van der Waals surface area contributed by atoms with E-state index in [4.69, 9.17) is 11.0 Å². The molecule has 0 bridgehead atoms. The van der Waals surface area contributed by atoms with Gasteiger partial charge in [0.1, 0.15) is 0 Å². The Hall–Kier alpha value is -1.91. The molecule has 19 heavy (non-hydrogen) atoms. The average Bonchev–Trinajstić information content (AvgIpc) is 2.38. The molecule has 0 spiro atoms. The van der Waals surface area contributed by atoms with Crippen LogP contribution in [0.25, 0.3) is 0 Å². The molecule has 6 nitrogen and oxygen atoms in total. The van der Waals surface area contributed by atoms with Gasteiger partial charge in [0.25, 0.3) is 0 Å². The number of hydrogen-bond acceptors (Lipinski definition) is 5. The van der Waals surface area contributed by atoms with E-state index >= 15 is 0 Å². The summed E-state index contributed by atoms with van der Waals surface area (Å²) in [7, 11) is -3.37. The Morgan fingerprint density at radius 1 is 1.26 bits per heavy atom. The topological polar surface area (TPSA) is 113 Å². The molecule has 0 atom stereocenters. The Bertz CT molecular complexity index is 573. The minimum absolute atomic E-state index is 0.0718. The van der Waals surface area contributed by atoms with Gasteiger partial charge in [0.15, 0.2) is 9.84 Å². The lowest BCUT2D eigenvalue weighted by atomic mass is 10.2. The molecule has 3 N–H and O–H groups in total. The maximum Gasteiger partial charge on any atom is 0.218 e. The molecule has 1 amide bonds. The Balaban J connectivity index is 2.51. The van der Waals surface area contributed by atoms with Gasteiger partial charge in [-0.1, -0.05) is 0 Å². The van der Waals surface area contributed by atoms with Crippen molar-refractivity contribution < 1.29 is 13.2 Å². The van der Waals surface area contributed by atoms with Crippen molar-refractivity contribution in [1.29, 1.82) is 5.26 Å². The van der Waals surface area contributed by atoms with Gasteiger partial charge in [-0.3, -0.25) is 4.79 Å². The van der Waals surface area contributed by atoms with Gasteiger partial charge in [0.05, 0.1) is 22.3 Å². The first-order valence-corrected chi connectivity index (χ1v) is 7.33. The van der Waals surface area contributed by atoms with Gasteiger partial charge in [0, 0.05) is 19.5 Å². The molecule has 0 aromatic heterocycles. The molecule has 0 heterocycles. The molecule has 0 aliphatic carbocycles. The Morgan fingerprint density at radius 2 is 1.89 bits per heavy atom. The van der Waals surface area contributed by atoms with E-state index in [1.165, 1.54) is 24.3 Å². The monoisotopic (exact) mass is 281 g/mol. The first kappa shape index (κ1) is 15.1. The summed E-state index contributed by atoms with van der Waals surface area (Å²) >= 11 is 0. The highest BCUT2D eigenvalue weighted by Gasteiger charge is 2.13. The largest absolute Gasteiger partial charge is 0.370 e. The van der Waals surface area contributed by atoms with Crippen LogP contribution in [0, 0.1) is 11.3 Å². The van der Waals surface area contributed by atoms with E-state index in [9.17, 15) is 13.2 Å². The second-order valence-corrected chi connectivity index (χ2v) is 6.03. The highest BCUT2D eigenvalue weighted by molar-refractivity contribution is 7.91. The summed E-state index contributed by atoms with van der Waals surface area (Å²) in [5, 5.41) is 11.5. The normalized spacial score (nSPS) is 10.9.